The van der Waals surface area contributed by atoms with Gasteiger partial charge in [-0.05, 0) is 43.2 Å². The molecule has 1 amide bonds. The molecule has 0 aliphatic heterocycles. The Morgan fingerprint density at radius 2 is 1.78 bits per heavy atom. The molecule has 0 radical (unpaired) electrons. The molecular formula is C20H25FN2O3S. The Morgan fingerprint density at radius 3 is 2.37 bits per heavy atom. The Hall–Kier alpha value is -2.25. The molecule has 2 aromatic rings. The van der Waals surface area contributed by atoms with Gasteiger partial charge in [-0.2, -0.15) is 4.31 Å². The molecule has 2 rings (SSSR count). The van der Waals surface area contributed by atoms with Gasteiger partial charge < -0.3 is 5.32 Å². The SMILES string of the molecule is CCN(CC)S(=O)(=O)c1ccc(F)c(C(=O)NC(C)c2ccccc2C)c1. The second-order valence-electron chi connectivity index (χ2n) is 6.28. The summed E-state index contributed by atoms with van der Waals surface area (Å²) in [4.78, 5) is 12.5. The number of aryl methyl sites for hydroxylation is 1. The fraction of sp³-hybridized carbons (Fsp3) is 0.350. The molecule has 1 N–H and O–H groups in total. The number of benzene rings is 2. The van der Waals surface area contributed by atoms with Crippen molar-refractivity contribution in [1.29, 1.82) is 0 Å². The highest BCUT2D eigenvalue weighted by molar-refractivity contribution is 7.89. The zero-order valence-corrected chi connectivity index (χ0v) is 16.8. The van der Waals surface area contributed by atoms with Gasteiger partial charge in [-0.25, -0.2) is 12.8 Å². The monoisotopic (exact) mass is 392 g/mol. The zero-order valence-electron chi connectivity index (χ0n) is 16.0. The molecule has 7 heteroatoms. The number of nitrogens with one attached hydrogen (secondary N) is 1. The fourth-order valence-electron chi connectivity index (χ4n) is 2.98. The summed E-state index contributed by atoms with van der Waals surface area (Å²) in [5.74, 6) is -1.41. The van der Waals surface area contributed by atoms with Gasteiger partial charge in [0.1, 0.15) is 5.82 Å². The third kappa shape index (κ3) is 4.54. The summed E-state index contributed by atoms with van der Waals surface area (Å²) < 4.78 is 40.8. The van der Waals surface area contributed by atoms with Gasteiger partial charge in [0.05, 0.1) is 16.5 Å². The van der Waals surface area contributed by atoms with Crippen LogP contribution < -0.4 is 5.32 Å². The van der Waals surface area contributed by atoms with Crippen LogP contribution in [0.3, 0.4) is 0 Å². The van der Waals surface area contributed by atoms with E-state index in [2.05, 4.69) is 5.32 Å². The van der Waals surface area contributed by atoms with E-state index in [1.54, 1.807) is 20.8 Å². The number of carbonyl (C=O) groups is 1. The molecule has 0 aromatic heterocycles. The van der Waals surface area contributed by atoms with Crippen molar-refractivity contribution >= 4 is 15.9 Å². The average Bonchev–Trinajstić information content (AvgIpc) is 2.62. The highest BCUT2D eigenvalue weighted by Crippen LogP contribution is 2.21. The van der Waals surface area contributed by atoms with Gasteiger partial charge in [0, 0.05) is 13.1 Å². The minimum atomic E-state index is -3.77. The molecule has 146 valence electrons. The first-order valence-corrected chi connectivity index (χ1v) is 10.3. The van der Waals surface area contributed by atoms with Crippen molar-refractivity contribution in [2.45, 2.75) is 38.6 Å². The van der Waals surface area contributed by atoms with Crippen LogP contribution in [0.2, 0.25) is 0 Å². The number of nitrogens with zero attached hydrogens (tertiary/aromatic N) is 1. The van der Waals surface area contributed by atoms with Crippen LogP contribution in [0, 0.1) is 12.7 Å². The molecule has 0 spiro atoms. The van der Waals surface area contributed by atoms with Gasteiger partial charge in [0.25, 0.3) is 5.91 Å². The maximum atomic E-state index is 14.2. The Balaban J connectivity index is 2.33. The number of carbonyl (C=O) groups excluding carboxylic acids is 1. The lowest BCUT2D eigenvalue weighted by molar-refractivity contribution is 0.0935. The molecule has 1 unspecified atom stereocenters. The third-order valence-corrected chi connectivity index (χ3v) is 6.57. The lowest BCUT2D eigenvalue weighted by Crippen LogP contribution is -2.31. The van der Waals surface area contributed by atoms with E-state index in [4.69, 9.17) is 0 Å². The summed E-state index contributed by atoms with van der Waals surface area (Å²) in [6, 6.07) is 10.5. The first-order chi connectivity index (χ1) is 12.7. The highest BCUT2D eigenvalue weighted by Gasteiger charge is 2.25. The van der Waals surface area contributed by atoms with Crippen LogP contribution in [0.4, 0.5) is 4.39 Å². The Labute approximate surface area is 160 Å². The van der Waals surface area contributed by atoms with Crippen LogP contribution in [0.5, 0.6) is 0 Å². The second-order valence-corrected chi connectivity index (χ2v) is 8.22. The van der Waals surface area contributed by atoms with Crippen molar-refractivity contribution in [2.24, 2.45) is 0 Å². The number of rotatable bonds is 7. The Bertz CT molecular complexity index is 925. The molecule has 5 nitrogen and oxygen atoms in total. The summed E-state index contributed by atoms with van der Waals surface area (Å²) in [6.45, 7) is 7.76. The molecule has 0 saturated heterocycles. The van der Waals surface area contributed by atoms with E-state index in [0.29, 0.717) is 13.1 Å². The van der Waals surface area contributed by atoms with Crippen molar-refractivity contribution < 1.29 is 17.6 Å². The van der Waals surface area contributed by atoms with Crippen LogP contribution in [-0.4, -0.2) is 31.7 Å². The van der Waals surface area contributed by atoms with Crippen molar-refractivity contribution in [3.8, 4) is 0 Å². The van der Waals surface area contributed by atoms with Crippen LogP contribution >= 0.6 is 0 Å². The quantitative estimate of drug-likeness (QED) is 0.782. The molecular weight excluding hydrogens is 367 g/mol. The van der Waals surface area contributed by atoms with Gasteiger partial charge in [-0.1, -0.05) is 38.1 Å². The first kappa shape index (κ1) is 21.1. The van der Waals surface area contributed by atoms with E-state index in [1.807, 2.05) is 31.2 Å². The van der Waals surface area contributed by atoms with Gasteiger partial charge in [0.2, 0.25) is 10.0 Å². The maximum Gasteiger partial charge on any atom is 0.254 e. The number of amides is 1. The van der Waals surface area contributed by atoms with Crippen molar-refractivity contribution in [1.82, 2.24) is 9.62 Å². The molecule has 27 heavy (non-hydrogen) atoms. The third-order valence-electron chi connectivity index (χ3n) is 4.53. The normalized spacial score (nSPS) is 12.8. The van der Waals surface area contributed by atoms with Crippen molar-refractivity contribution in [3.63, 3.8) is 0 Å². The van der Waals surface area contributed by atoms with Gasteiger partial charge in [0.15, 0.2) is 0 Å². The fourth-order valence-corrected chi connectivity index (χ4v) is 4.46. The minimum absolute atomic E-state index is 0.0960. The number of halogens is 1. The van der Waals surface area contributed by atoms with Crippen LogP contribution in [0.25, 0.3) is 0 Å². The first-order valence-electron chi connectivity index (χ1n) is 8.88. The van der Waals surface area contributed by atoms with Crippen molar-refractivity contribution in [3.05, 3.63) is 65.0 Å². The lowest BCUT2D eigenvalue weighted by atomic mass is 10.0. The smallest absolute Gasteiger partial charge is 0.254 e. The van der Waals surface area contributed by atoms with E-state index in [9.17, 15) is 17.6 Å². The topological polar surface area (TPSA) is 66.5 Å². The maximum absolute atomic E-state index is 14.2. The lowest BCUT2D eigenvalue weighted by Gasteiger charge is -2.20. The summed E-state index contributed by atoms with van der Waals surface area (Å²) in [7, 11) is -3.77. The average molecular weight is 392 g/mol. The Morgan fingerprint density at radius 1 is 1.15 bits per heavy atom. The molecule has 0 heterocycles. The van der Waals surface area contributed by atoms with Crippen LogP contribution in [0.15, 0.2) is 47.4 Å². The van der Waals surface area contributed by atoms with E-state index < -0.39 is 21.7 Å². The molecule has 0 bridgehead atoms. The Kier molecular flexibility index (Phi) is 6.73. The minimum Gasteiger partial charge on any atom is -0.345 e. The summed E-state index contributed by atoms with van der Waals surface area (Å²) in [5, 5.41) is 2.74. The second kappa shape index (κ2) is 8.63. The standard InChI is InChI=1S/C20H25FN2O3S/c1-5-23(6-2)27(25,26)16-11-12-19(21)18(13-16)20(24)22-15(4)17-10-8-7-9-14(17)3/h7-13,15H,5-6H2,1-4H3,(H,22,24). The number of hydrogen-bond donors (Lipinski definition) is 1. The molecule has 0 aliphatic rings. The van der Waals surface area contributed by atoms with E-state index in [1.165, 1.54) is 10.4 Å². The van der Waals surface area contributed by atoms with Gasteiger partial charge in [-0.15, -0.1) is 0 Å². The largest absolute Gasteiger partial charge is 0.345 e. The van der Waals surface area contributed by atoms with E-state index in [0.717, 1.165) is 23.3 Å². The summed E-state index contributed by atoms with van der Waals surface area (Å²) in [5.41, 5.74) is 1.63. The van der Waals surface area contributed by atoms with Crippen LogP contribution in [-0.2, 0) is 10.0 Å². The number of sulfonamides is 1. The predicted octanol–water partition coefficient (Wildman–Crippen LogP) is 3.66. The molecule has 0 fully saturated rings. The van der Waals surface area contributed by atoms with E-state index in [-0.39, 0.29) is 16.5 Å². The predicted molar refractivity (Wildman–Crippen MR) is 104 cm³/mol. The van der Waals surface area contributed by atoms with Crippen LogP contribution in [0.1, 0.15) is 48.3 Å². The molecule has 0 aliphatic carbocycles. The summed E-state index contributed by atoms with van der Waals surface area (Å²) >= 11 is 0. The van der Waals surface area contributed by atoms with E-state index >= 15 is 0 Å². The van der Waals surface area contributed by atoms with Crippen molar-refractivity contribution in [2.75, 3.05) is 13.1 Å². The molecule has 1 atom stereocenters. The molecule has 0 saturated carbocycles. The number of hydrogen-bond acceptors (Lipinski definition) is 3. The van der Waals surface area contributed by atoms with Gasteiger partial charge in [-0.3, -0.25) is 4.79 Å². The van der Waals surface area contributed by atoms with Gasteiger partial charge >= 0.3 is 0 Å². The zero-order chi connectivity index (χ0) is 20.2. The summed E-state index contributed by atoms with van der Waals surface area (Å²) in [6.07, 6.45) is 0. The highest BCUT2D eigenvalue weighted by atomic mass is 32.2. The molecule has 2 aromatic carbocycles.